The summed E-state index contributed by atoms with van der Waals surface area (Å²) in [5.41, 5.74) is 3.21. The number of para-hydroxylation sites is 1. The van der Waals surface area contributed by atoms with Crippen LogP contribution in [0.4, 0.5) is 11.4 Å². The summed E-state index contributed by atoms with van der Waals surface area (Å²) in [5.74, 6) is 0.00706. The second-order valence-corrected chi connectivity index (χ2v) is 7.02. The van der Waals surface area contributed by atoms with Crippen molar-refractivity contribution in [2.75, 3.05) is 42.9 Å². The van der Waals surface area contributed by atoms with E-state index in [0.717, 1.165) is 38.4 Å². The number of Topliss-reactive ketones (excluding diaryl/α,β-unsaturated/α-hetero) is 1. The average Bonchev–Trinajstić information content (AvgIpc) is 2.72. The first-order chi connectivity index (χ1) is 13.1. The van der Waals surface area contributed by atoms with Crippen LogP contribution in [-0.4, -0.2) is 49.4 Å². The first-order valence-electron chi connectivity index (χ1n) is 9.41. The fraction of sp³-hybridized carbons (Fsp3) is 0.364. The van der Waals surface area contributed by atoms with Gasteiger partial charge < -0.3 is 10.2 Å². The number of benzene rings is 2. The lowest BCUT2D eigenvalue weighted by Gasteiger charge is -2.39. The Balaban J connectivity index is 1.56. The van der Waals surface area contributed by atoms with Gasteiger partial charge in [-0.2, -0.15) is 5.26 Å². The summed E-state index contributed by atoms with van der Waals surface area (Å²) >= 11 is 0. The lowest BCUT2D eigenvalue weighted by atomic mass is 10.1. The fourth-order valence-corrected chi connectivity index (χ4v) is 3.45. The van der Waals surface area contributed by atoms with Gasteiger partial charge in [-0.1, -0.05) is 18.2 Å². The van der Waals surface area contributed by atoms with Crippen LogP contribution in [0.5, 0.6) is 0 Å². The van der Waals surface area contributed by atoms with Crippen LogP contribution in [0, 0.1) is 11.3 Å². The number of hydrogen-bond donors (Lipinski definition) is 1. The van der Waals surface area contributed by atoms with E-state index in [1.165, 1.54) is 5.69 Å². The molecule has 0 bridgehead atoms. The van der Waals surface area contributed by atoms with Gasteiger partial charge in [0.25, 0.3) is 0 Å². The van der Waals surface area contributed by atoms with Crippen LogP contribution in [-0.2, 0) is 0 Å². The maximum atomic E-state index is 11.6. The number of carbonyl (C=O) groups excluding carboxylic acids is 1. The van der Waals surface area contributed by atoms with E-state index >= 15 is 0 Å². The third kappa shape index (κ3) is 4.66. The molecule has 2 aromatic carbocycles. The van der Waals surface area contributed by atoms with E-state index in [1.807, 2.05) is 6.07 Å². The molecule has 1 fully saturated rings. The Kier molecular flexibility index (Phi) is 6.10. The molecule has 1 aliphatic heterocycles. The van der Waals surface area contributed by atoms with E-state index in [2.05, 4.69) is 52.4 Å². The molecule has 1 atom stereocenters. The minimum atomic E-state index is 0.00706. The van der Waals surface area contributed by atoms with Gasteiger partial charge in [0.15, 0.2) is 5.78 Å². The van der Waals surface area contributed by atoms with Gasteiger partial charge in [0, 0.05) is 50.0 Å². The van der Waals surface area contributed by atoms with Crippen molar-refractivity contribution in [3.63, 3.8) is 0 Å². The third-order valence-electron chi connectivity index (χ3n) is 5.19. The molecule has 1 saturated heterocycles. The van der Waals surface area contributed by atoms with Crippen molar-refractivity contribution in [3.8, 4) is 6.07 Å². The quantitative estimate of drug-likeness (QED) is 0.798. The summed E-state index contributed by atoms with van der Waals surface area (Å²) in [6.45, 7) is 8.52. The minimum absolute atomic E-state index is 0.00706. The molecule has 0 spiro atoms. The van der Waals surface area contributed by atoms with Crippen molar-refractivity contribution in [1.29, 1.82) is 5.26 Å². The number of hydrogen-bond acceptors (Lipinski definition) is 5. The van der Waals surface area contributed by atoms with Crippen molar-refractivity contribution in [3.05, 3.63) is 59.7 Å². The van der Waals surface area contributed by atoms with E-state index < -0.39 is 0 Å². The number of ketones is 1. The van der Waals surface area contributed by atoms with E-state index in [4.69, 9.17) is 0 Å². The Morgan fingerprint density at radius 2 is 1.85 bits per heavy atom. The van der Waals surface area contributed by atoms with Gasteiger partial charge >= 0.3 is 0 Å². The van der Waals surface area contributed by atoms with Crippen molar-refractivity contribution >= 4 is 17.2 Å². The van der Waals surface area contributed by atoms with Crippen molar-refractivity contribution in [2.24, 2.45) is 0 Å². The van der Waals surface area contributed by atoms with Gasteiger partial charge in [0.2, 0.25) is 0 Å². The summed E-state index contributed by atoms with van der Waals surface area (Å²) < 4.78 is 0. The average molecular weight is 362 g/mol. The van der Waals surface area contributed by atoms with E-state index in [-0.39, 0.29) is 5.78 Å². The third-order valence-corrected chi connectivity index (χ3v) is 5.19. The molecule has 0 saturated carbocycles. The summed E-state index contributed by atoms with van der Waals surface area (Å²) in [6.07, 6.45) is 0. The molecule has 1 N–H and O–H groups in total. The van der Waals surface area contributed by atoms with Crippen LogP contribution in [0.15, 0.2) is 48.5 Å². The number of anilines is 2. The number of piperazine rings is 1. The summed E-state index contributed by atoms with van der Waals surface area (Å²) in [5, 5.41) is 12.7. The van der Waals surface area contributed by atoms with E-state index in [9.17, 15) is 10.1 Å². The van der Waals surface area contributed by atoms with Crippen molar-refractivity contribution in [2.45, 2.75) is 19.9 Å². The minimum Gasteiger partial charge on any atom is -0.382 e. The molecule has 5 heteroatoms. The Bertz CT molecular complexity index is 820. The zero-order chi connectivity index (χ0) is 19.2. The number of rotatable bonds is 6. The summed E-state index contributed by atoms with van der Waals surface area (Å²) in [4.78, 5) is 16.5. The predicted molar refractivity (Wildman–Crippen MR) is 109 cm³/mol. The van der Waals surface area contributed by atoms with Gasteiger partial charge in [0.1, 0.15) is 6.07 Å². The van der Waals surface area contributed by atoms with E-state index in [1.54, 1.807) is 25.1 Å². The van der Waals surface area contributed by atoms with Gasteiger partial charge in [0.05, 0.1) is 11.3 Å². The highest BCUT2D eigenvalue weighted by Crippen LogP contribution is 2.19. The molecule has 0 radical (unpaired) electrons. The van der Waals surface area contributed by atoms with Gasteiger partial charge in [-0.05, 0) is 44.2 Å². The van der Waals surface area contributed by atoms with Crippen LogP contribution >= 0.6 is 0 Å². The lowest BCUT2D eigenvalue weighted by Crippen LogP contribution is -2.51. The monoisotopic (exact) mass is 362 g/mol. The van der Waals surface area contributed by atoms with Gasteiger partial charge in [-0.15, -0.1) is 0 Å². The maximum absolute atomic E-state index is 11.6. The van der Waals surface area contributed by atoms with Crippen LogP contribution < -0.4 is 10.2 Å². The molecule has 1 unspecified atom stereocenters. The van der Waals surface area contributed by atoms with E-state index in [0.29, 0.717) is 17.2 Å². The zero-order valence-electron chi connectivity index (χ0n) is 16.0. The highest BCUT2D eigenvalue weighted by atomic mass is 16.1. The smallest absolute Gasteiger partial charge is 0.159 e. The summed E-state index contributed by atoms with van der Waals surface area (Å²) in [7, 11) is 0. The molecule has 2 aromatic rings. The van der Waals surface area contributed by atoms with Crippen molar-refractivity contribution in [1.82, 2.24) is 4.90 Å². The first kappa shape index (κ1) is 18.9. The molecule has 27 heavy (non-hydrogen) atoms. The second kappa shape index (κ2) is 8.70. The Labute approximate surface area is 161 Å². The molecular weight excluding hydrogens is 336 g/mol. The number of carbonyl (C=O) groups is 1. The lowest BCUT2D eigenvalue weighted by molar-refractivity contribution is 0.101. The topological polar surface area (TPSA) is 59.4 Å². The number of nitrogens with zero attached hydrogens (tertiary/aromatic N) is 3. The molecule has 1 aliphatic rings. The van der Waals surface area contributed by atoms with Crippen LogP contribution in [0.3, 0.4) is 0 Å². The number of nitriles is 1. The zero-order valence-corrected chi connectivity index (χ0v) is 16.0. The Hall–Kier alpha value is -2.84. The van der Waals surface area contributed by atoms with Gasteiger partial charge in [-0.3, -0.25) is 9.69 Å². The summed E-state index contributed by atoms with van der Waals surface area (Å²) in [6, 6.07) is 18.3. The van der Waals surface area contributed by atoms with Crippen LogP contribution in [0.1, 0.15) is 29.8 Å². The molecule has 140 valence electrons. The molecule has 5 nitrogen and oxygen atoms in total. The molecule has 0 aromatic heterocycles. The molecule has 0 amide bonds. The molecule has 3 rings (SSSR count). The largest absolute Gasteiger partial charge is 0.382 e. The standard InChI is InChI=1S/C22H26N4O/c1-17(16-24-22-14-19(18(2)27)8-9-20(22)15-23)25-10-12-26(13-11-25)21-6-4-3-5-7-21/h3-9,14,17,24H,10-13,16H2,1-2H3. The predicted octanol–water partition coefficient (Wildman–Crippen LogP) is 3.38. The first-order valence-corrected chi connectivity index (χ1v) is 9.41. The molecule has 0 aliphatic carbocycles. The highest BCUT2D eigenvalue weighted by molar-refractivity contribution is 5.95. The van der Waals surface area contributed by atoms with Crippen LogP contribution in [0.25, 0.3) is 0 Å². The molecule has 1 heterocycles. The normalized spacial score (nSPS) is 15.8. The second-order valence-electron chi connectivity index (χ2n) is 7.02. The highest BCUT2D eigenvalue weighted by Gasteiger charge is 2.21. The Morgan fingerprint density at radius 1 is 1.15 bits per heavy atom. The van der Waals surface area contributed by atoms with Crippen LogP contribution in [0.2, 0.25) is 0 Å². The maximum Gasteiger partial charge on any atom is 0.159 e. The molecular formula is C22H26N4O. The fourth-order valence-electron chi connectivity index (χ4n) is 3.45. The Morgan fingerprint density at radius 3 is 2.48 bits per heavy atom. The number of nitrogens with one attached hydrogen (secondary N) is 1. The van der Waals surface area contributed by atoms with Crippen molar-refractivity contribution < 1.29 is 4.79 Å². The van der Waals surface area contributed by atoms with Gasteiger partial charge in [-0.25, -0.2) is 0 Å². The SMILES string of the molecule is CC(=O)c1ccc(C#N)c(NCC(C)N2CCN(c3ccccc3)CC2)c1.